The number of alkyl halides is 2. The molecule has 0 aliphatic carbocycles. The van der Waals surface area contributed by atoms with Crippen LogP contribution in [0.4, 0.5) is 19.3 Å². The van der Waals surface area contributed by atoms with Crippen molar-refractivity contribution < 1.29 is 13.6 Å². The zero-order valence-electron chi connectivity index (χ0n) is 11.3. The van der Waals surface area contributed by atoms with E-state index in [1.165, 1.54) is 18.7 Å². The average Bonchev–Trinajstić information content (AvgIpc) is 3.00. The Morgan fingerprint density at radius 1 is 1.33 bits per heavy atom. The highest BCUT2D eigenvalue weighted by Crippen LogP contribution is 2.06. The third kappa shape index (κ3) is 4.82. The van der Waals surface area contributed by atoms with Gasteiger partial charge in [0.15, 0.2) is 0 Å². The smallest absolute Gasteiger partial charge is 0.319 e. The molecule has 0 aliphatic rings. The highest BCUT2D eigenvalue weighted by Gasteiger charge is 2.10. The van der Waals surface area contributed by atoms with Crippen molar-refractivity contribution in [1.82, 2.24) is 29.9 Å². The zero-order chi connectivity index (χ0) is 15.2. The minimum Gasteiger partial charge on any atom is -0.334 e. The van der Waals surface area contributed by atoms with Crippen LogP contribution in [0.5, 0.6) is 0 Å². The molecule has 2 rings (SSSR count). The molecular weight excluding hydrogens is 284 g/mol. The van der Waals surface area contributed by atoms with Gasteiger partial charge in [0.05, 0.1) is 18.4 Å². The number of amides is 2. The molecule has 0 unspecified atom stereocenters. The van der Waals surface area contributed by atoms with Gasteiger partial charge >= 0.3 is 6.03 Å². The van der Waals surface area contributed by atoms with E-state index in [9.17, 15) is 13.6 Å². The predicted molar refractivity (Wildman–Crippen MR) is 69.9 cm³/mol. The highest BCUT2D eigenvalue weighted by atomic mass is 19.3. The molecule has 1 atom stereocenters. The number of halogens is 2. The standard InChI is InChI=1S/C11H15F2N7O/c1-8(3-20-7-14-6-16-20)17-11(21)18-9-2-15-19(4-9)5-10(12)13/h2,4,6-8,10H,3,5H2,1H3,(H2,17,18,21)/t8-/m0/s1. The molecule has 2 amide bonds. The zero-order valence-corrected chi connectivity index (χ0v) is 11.3. The quantitative estimate of drug-likeness (QED) is 0.831. The summed E-state index contributed by atoms with van der Waals surface area (Å²) in [4.78, 5) is 15.5. The van der Waals surface area contributed by atoms with Gasteiger partial charge in [-0.3, -0.25) is 9.36 Å². The summed E-state index contributed by atoms with van der Waals surface area (Å²) in [7, 11) is 0. The fraction of sp³-hybridized carbons (Fsp3) is 0.455. The van der Waals surface area contributed by atoms with Gasteiger partial charge in [0, 0.05) is 12.2 Å². The molecule has 8 nitrogen and oxygen atoms in total. The second kappa shape index (κ2) is 6.77. The van der Waals surface area contributed by atoms with Crippen LogP contribution in [0.3, 0.4) is 0 Å². The lowest BCUT2D eigenvalue weighted by molar-refractivity contribution is 0.122. The van der Waals surface area contributed by atoms with Crippen LogP contribution in [-0.2, 0) is 13.1 Å². The summed E-state index contributed by atoms with van der Waals surface area (Å²) < 4.78 is 27.0. The van der Waals surface area contributed by atoms with Crippen LogP contribution in [0.25, 0.3) is 0 Å². The fourth-order valence-electron chi connectivity index (χ4n) is 1.71. The number of aromatic nitrogens is 5. The Labute approximate surface area is 119 Å². The number of hydrogen-bond acceptors (Lipinski definition) is 4. The number of hydrogen-bond donors (Lipinski definition) is 2. The maximum atomic E-state index is 12.2. The second-order valence-corrected chi connectivity index (χ2v) is 4.46. The molecule has 21 heavy (non-hydrogen) atoms. The van der Waals surface area contributed by atoms with Crippen LogP contribution in [0.1, 0.15) is 6.92 Å². The lowest BCUT2D eigenvalue weighted by Gasteiger charge is -2.13. The number of rotatable bonds is 6. The molecular formula is C11H15F2N7O. The summed E-state index contributed by atoms with van der Waals surface area (Å²) in [5, 5.41) is 12.9. The van der Waals surface area contributed by atoms with Gasteiger partial charge < -0.3 is 10.6 Å². The van der Waals surface area contributed by atoms with Gasteiger partial charge in [-0.15, -0.1) is 0 Å². The van der Waals surface area contributed by atoms with E-state index in [0.29, 0.717) is 12.2 Å². The number of carbonyl (C=O) groups excluding carboxylic acids is 1. The van der Waals surface area contributed by atoms with Crippen molar-refractivity contribution in [2.24, 2.45) is 0 Å². The van der Waals surface area contributed by atoms with Gasteiger partial charge in [0.25, 0.3) is 6.43 Å². The van der Waals surface area contributed by atoms with Crippen LogP contribution in [0, 0.1) is 0 Å². The van der Waals surface area contributed by atoms with E-state index in [1.807, 2.05) is 6.92 Å². The molecule has 2 N–H and O–H groups in total. The van der Waals surface area contributed by atoms with Crippen molar-refractivity contribution in [2.75, 3.05) is 5.32 Å². The third-order valence-electron chi connectivity index (χ3n) is 2.52. The molecule has 0 bridgehead atoms. The molecule has 10 heteroatoms. The molecule has 0 saturated carbocycles. The highest BCUT2D eigenvalue weighted by molar-refractivity contribution is 5.89. The molecule has 0 saturated heterocycles. The lowest BCUT2D eigenvalue weighted by atomic mass is 10.3. The first kappa shape index (κ1) is 14.9. The van der Waals surface area contributed by atoms with Crippen LogP contribution in [-0.4, -0.2) is 43.0 Å². The number of carbonyl (C=O) groups is 1. The normalized spacial score (nSPS) is 12.4. The molecule has 0 aliphatic heterocycles. The monoisotopic (exact) mass is 299 g/mol. The van der Waals surface area contributed by atoms with E-state index >= 15 is 0 Å². The van der Waals surface area contributed by atoms with Crippen LogP contribution in [0.2, 0.25) is 0 Å². The van der Waals surface area contributed by atoms with E-state index in [0.717, 1.165) is 4.68 Å². The Kier molecular flexibility index (Phi) is 4.80. The minimum absolute atomic E-state index is 0.178. The van der Waals surface area contributed by atoms with Crippen molar-refractivity contribution in [3.63, 3.8) is 0 Å². The minimum atomic E-state index is -2.49. The molecule has 0 spiro atoms. The first-order valence-electron chi connectivity index (χ1n) is 6.23. The van der Waals surface area contributed by atoms with Crippen molar-refractivity contribution in [1.29, 1.82) is 0 Å². The van der Waals surface area contributed by atoms with E-state index in [4.69, 9.17) is 0 Å². The Hall–Kier alpha value is -2.52. The topological polar surface area (TPSA) is 89.7 Å². The average molecular weight is 299 g/mol. The molecule has 114 valence electrons. The van der Waals surface area contributed by atoms with Crippen molar-refractivity contribution in [3.8, 4) is 0 Å². The van der Waals surface area contributed by atoms with E-state index in [2.05, 4.69) is 25.8 Å². The summed E-state index contributed by atoms with van der Waals surface area (Å²) >= 11 is 0. The van der Waals surface area contributed by atoms with E-state index < -0.39 is 19.0 Å². The van der Waals surface area contributed by atoms with Crippen LogP contribution < -0.4 is 10.6 Å². The Balaban J connectivity index is 1.79. The molecule has 0 radical (unpaired) electrons. The van der Waals surface area contributed by atoms with E-state index in [1.54, 1.807) is 11.0 Å². The Morgan fingerprint density at radius 3 is 2.81 bits per heavy atom. The van der Waals surface area contributed by atoms with Gasteiger partial charge in [0.2, 0.25) is 0 Å². The third-order valence-corrected chi connectivity index (χ3v) is 2.52. The first-order chi connectivity index (χ1) is 10.0. The summed E-state index contributed by atoms with van der Waals surface area (Å²) in [5.41, 5.74) is 0.348. The van der Waals surface area contributed by atoms with Crippen LogP contribution >= 0.6 is 0 Å². The van der Waals surface area contributed by atoms with Crippen molar-refractivity contribution in [2.45, 2.75) is 32.5 Å². The van der Waals surface area contributed by atoms with Crippen molar-refractivity contribution >= 4 is 11.7 Å². The van der Waals surface area contributed by atoms with Gasteiger partial charge in [0.1, 0.15) is 19.2 Å². The predicted octanol–water partition coefficient (Wildman–Crippen LogP) is 0.950. The summed E-state index contributed by atoms with van der Waals surface area (Å²) in [6.45, 7) is 1.77. The maximum Gasteiger partial charge on any atom is 0.319 e. The molecule has 0 aromatic carbocycles. The number of nitrogens with one attached hydrogen (secondary N) is 2. The Bertz CT molecular complexity index is 569. The molecule has 0 fully saturated rings. The number of urea groups is 1. The van der Waals surface area contributed by atoms with Gasteiger partial charge in [-0.1, -0.05) is 0 Å². The summed E-state index contributed by atoms with van der Waals surface area (Å²) in [6.07, 6.45) is 3.11. The van der Waals surface area contributed by atoms with Crippen molar-refractivity contribution in [3.05, 3.63) is 25.0 Å². The lowest BCUT2D eigenvalue weighted by Crippen LogP contribution is -2.38. The molecule has 2 aromatic rings. The van der Waals surface area contributed by atoms with Crippen LogP contribution in [0.15, 0.2) is 25.0 Å². The largest absolute Gasteiger partial charge is 0.334 e. The number of anilines is 1. The number of nitrogens with zero attached hydrogens (tertiary/aromatic N) is 5. The summed E-state index contributed by atoms with van der Waals surface area (Å²) in [5.74, 6) is 0. The molecule has 2 heterocycles. The fourth-order valence-corrected chi connectivity index (χ4v) is 1.71. The summed E-state index contributed by atoms with van der Waals surface area (Å²) in [6, 6.07) is -0.623. The van der Waals surface area contributed by atoms with Gasteiger partial charge in [-0.2, -0.15) is 10.2 Å². The second-order valence-electron chi connectivity index (χ2n) is 4.46. The van der Waals surface area contributed by atoms with Gasteiger partial charge in [-0.25, -0.2) is 18.6 Å². The SMILES string of the molecule is C[C@@H](Cn1cncn1)NC(=O)Nc1cnn(CC(F)F)c1. The van der Waals surface area contributed by atoms with E-state index in [-0.39, 0.29) is 6.04 Å². The van der Waals surface area contributed by atoms with Gasteiger partial charge in [-0.05, 0) is 6.92 Å². The maximum absolute atomic E-state index is 12.2. The molecule has 2 aromatic heterocycles. The first-order valence-corrected chi connectivity index (χ1v) is 6.23. The Morgan fingerprint density at radius 2 is 2.14 bits per heavy atom.